The zero-order chi connectivity index (χ0) is 21.9. The van der Waals surface area contributed by atoms with Crippen LogP contribution >= 0.6 is 60.5 Å². The molecule has 2 aromatic carbocycles. The average molecular weight is 531 g/mol. The van der Waals surface area contributed by atoms with Crippen molar-refractivity contribution in [3.63, 3.8) is 0 Å². The number of hydrogen-bond donors (Lipinski definition) is 1. The number of rotatable bonds is 13. The van der Waals surface area contributed by atoms with Crippen LogP contribution in [0, 0.1) is 0 Å². The fourth-order valence-electron chi connectivity index (χ4n) is 2.21. The molecule has 0 radical (unpaired) electrons. The number of benzene rings is 2. The van der Waals surface area contributed by atoms with Crippen molar-refractivity contribution >= 4 is 66.2 Å². The van der Waals surface area contributed by atoms with Gasteiger partial charge < -0.3 is 23.5 Å². The summed E-state index contributed by atoms with van der Waals surface area (Å²) < 4.78 is 23.6. The highest BCUT2D eigenvalue weighted by Gasteiger charge is 2.11. The number of aliphatic hydroxyl groups is 1. The lowest BCUT2D eigenvalue weighted by Crippen LogP contribution is -2.18. The van der Waals surface area contributed by atoms with E-state index in [4.69, 9.17) is 53.2 Å². The van der Waals surface area contributed by atoms with Crippen molar-refractivity contribution in [3.05, 3.63) is 46.4 Å². The Labute approximate surface area is 209 Å². The van der Waals surface area contributed by atoms with Gasteiger partial charge >= 0.3 is 0 Å². The van der Waals surface area contributed by atoms with Crippen molar-refractivity contribution < 1.29 is 23.5 Å². The minimum Gasteiger partial charge on any atom is -0.492 e. The summed E-state index contributed by atoms with van der Waals surface area (Å²) in [7, 11) is 3.50. The van der Waals surface area contributed by atoms with Crippen LogP contribution in [-0.2, 0) is 4.74 Å². The first-order valence-electron chi connectivity index (χ1n) is 9.10. The van der Waals surface area contributed by atoms with Gasteiger partial charge in [0.1, 0.15) is 30.0 Å². The van der Waals surface area contributed by atoms with E-state index in [2.05, 4.69) is 0 Å². The Balaban J connectivity index is 0.00000480. The Bertz CT molecular complexity index is 803. The lowest BCUT2D eigenvalue weighted by molar-refractivity contribution is 0.125. The Morgan fingerprint density at radius 2 is 1.71 bits per heavy atom. The third-order valence-electron chi connectivity index (χ3n) is 3.79. The van der Waals surface area contributed by atoms with Crippen LogP contribution in [0.4, 0.5) is 5.69 Å². The molecule has 0 aliphatic rings. The molecule has 6 nitrogen and oxygen atoms in total. The predicted molar refractivity (Wildman–Crippen MR) is 134 cm³/mol. The predicted octanol–water partition coefficient (Wildman–Crippen LogP) is 5.58. The van der Waals surface area contributed by atoms with Gasteiger partial charge in [-0.15, -0.1) is 11.6 Å². The molecule has 0 aliphatic carbocycles. The summed E-state index contributed by atoms with van der Waals surface area (Å²) in [5, 5.41) is 10.3. The Morgan fingerprint density at radius 3 is 2.35 bits per heavy atom. The number of ether oxygens (including phenoxy) is 3. The van der Waals surface area contributed by atoms with Gasteiger partial charge in [0.2, 0.25) is 0 Å². The topological polar surface area (TPSA) is 60.4 Å². The molecule has 0 saturated heterocycles. The van der Waals surface area contributed by atoms with E-state index in [0.717, 1.165) is 24.3 Å². The summed E-state index contributed by atoms with van der Waals surface area (Å²) in [4.78, 5) is 0. The number of methoxy groups -OCH3 is 1. The van der Waals surface area contributed by atoms with E-state index in [0.29, 0.717) is 40.5 Å². The van der Waals surface area contributed by atoms with E-state index in [9.17, 15) is 5.11 Å². The fourth-order valence-corrected chi connectivity index (χ4v) is 3.26. The minimum atomic E-state index is -0.753. The van der Waals surface area contributed by atoms with Crippen molar-refractivity contribution in [2.75, 3.05) is 44.2 Å². The zero-order valence-corrected chi connectivity index (χ0v) is 21.2. The summed E-state index contributed by atoms with van der Waals surface area (Å²) in [5.41, 5.74) is 0.843. The maximum absolute atomic E-state index is 9.46. The van der Waals surface area contributed by atoms with Gasteiger partial charge in [-0.3, -0.25) is 4.31 Å². The Kier molecular flexibility index (Phi) is 13.7. The summed E-state index contributed by atoms with van der Waals surface area (Å²) in [6, 6.07) is 10.5. The highest BCUT2D eigenvalue weighted by molar-refractivity contribution is 7.96. The second kappa shape index (κ2) is 15.1. The van der Waals surface area contributed by atoms with Crippen molar-refractivity contribution in [2.45, 2.75) is 12.5 Å². The summed E-state index contributed by atoms with van der Waals surface area (Å²) >= 11 is 19.2. The molecule has 1 N–H and O–H groups in total. The molecule has 0 saturated carbocycles. The van der Waals surface area contributed by atoms with Crippen LogP contribution in [0.5, 0.6) is 17.2 Å². The maximum atomic E-state index is 9.46. The number of aliphatic hydroxyl groups excluding tert-OH is 1. The van der Waals surface area contributed by atoms with E-state index in [-0.39, 0.29) is 26.0 Å². The smallest absolute Gasteiger partial charge is 0.179 e. The first-order chi connectivity index (χ1) is 14.4. The molecule has 0 bridgehead atoms. The van der Waals surface area contributed by atoms with Crippen molar-refractivity contribution in [2.24, 2.45) is 0 Å². The molecule has 31 heavy (non-hydrogen) atoms. The molecule has 11 heteroatoms. The van der Waals surface area contributed by atoms with Crippen LogP contribution in [0.3, 0.4) is 0 Å². The zero-order valence-electron chi connectivity index (χ0n) is 17.1. The van der Waals surface area contributed by atoms with Gasteiger partial charge in [0.25, 0.3) is 0 Å². The van der Waals surface area contributed by atoms with Crippen molar-refractivity contribution in [3.8, 4) is 17.2 Å². The fraction of sp³-hybridized carbons (Fsp3) is 0.400. The number of hydrogen-bond acceptors (Lipinski definition) is 7. The molecule has 0 amide bonds. The SMILES string of the molecule is COCCCOc1ccc(N(C)SOc2ccc(OCC(O)CCl)c(Cl)c2)cc1Cl.S. The van der Waals surface area contributed by atoms with Gasteiger partial charge in [0.15, 0.2) is 12.2 Å². The summed E-state index contributed by atoms with van der Waals surface area (Å²) in [6.45, 7) is 1.23. The van der Waals surface area contributed by atoms with Crippen LogP contribution in [-0.4, -0.2) is 51.1 Å². The highest BCUT2D eigenvalue weighted by atomic mass is 35.5. The molecule has 174 valence electrons. The first kappa shape index (κ1) is 28.2. The second-order valence-electron chi connectivity index (χ2n) is 6.18. The average Bonchev–Trinajstić information content (AvgIpc) is 2.74. The lowest BCUT2D eigenvalue weighted by Gasteiger charge is -2.18. The van der Waals surface area contributed by atoms with Gasteiger partial charge in [0.05, 0.1) is 28.2 Å². The summed E-state index contributed by atoms with van der Waals surface area (Å²) in [6.07, 6.45) is 0.0366. The first-order valence-corrected chi connectivity index (χ1v) is 11.1. The number of halogens is 3. The van der Waals surface area contributed by atoms with Crippen molar-refractivity contribution in [1.82, 2.24) is 0 Å². The molecule has 2 aromatic rings. The van der Waals surface area contributed by atoms with Gasteiger partial charge in [-0.05, 0) is 30.3 Å². The number of alkyl halides is 1. The van der Waals surface area contributed by atoms with E-state index >= 15 is 0 Å². The van der Waals surface area contributed by atoms with E-state index in [1.807, 2.05) is 23.5 Å². The normalized spacial score (nSPS) is 11.4. The Hall–Kier alpha value is -0.870. The molecule has 0 aliphatic heterocycles. The second-order valence-corrected chi connectivity index (χ2v) is 8.16. The minimum absolute atomic E-state index is 0. The van der Waals surface area contributed by atoms with Gasteiger partial charge in [0, 0.05) is 33.3 Å². The maximum Gasteiger partial charge on any atom is 0.179 e. The van der Waals surface area contributed by atoms with Gasteiger partial charge in [-0.1, -0.05) is 23.2 Å². The van der Waals surface area contributed by atoms with E-state index < -0.39 is 6.10 Å². The molecule has 0 spiro atoms. The summed E-state index contributed by atoms with van der Waals surface area (Å²) in [5.74, 6) is 1.70. The molecule has 1 unspecified atom stereocenters. The van der Waals surface area contributed by atoms with Crippen LogP contribution in [0.2, 0.25) is 10.0 Å². The number of nitrogens with zero attached hydrogens (tertiary/aromatic N) is 1. The third kappa shape index (κ3) is 9.65. The molecule has 0 heterocycles. The van der Waals surface area contributed by atoms with Gasteiger partial charge in [-0.2, -0.15) is 13.5 Å². The van der Waals surface area contributed by atoms with E-state index in [1.54, 1.807) is 31.4 Å². The molecular weight excluding hydrogens is 505 g/mol. The quantitative estimate of drug-likeness (QED) is 0.157. The van der Waals surface area contributed by atoms with Crippen molar-refractivity contribution in [1.29, 1.82) is 0 Å². The number of anilines is 1. The Morgan fingerprint density at radius 1 is 1.03 bits per heavy atom. The molecule has 2 rings (SSSR count). The van der Waals surface area contributed by atoms with Crippen LogP contribution in [0.15, 0.2) is 36.4 Å². The molecule has 0 aromatic heterocycles. The van der Waals surface area contributed by atoms with Gasteiger partial charge in [-0.25, -0.2) is 0 Å². The molecular formula is C20H26Cl3NO5S2. The monoisotopic (exact) mass is 529 g/mol. The largest absolute Gasteiger partial charge is 0.492 e. The standard InChI is InChI=1S/C20H24Cl3NO5S.H2S/c1-24(14-4-6-19(17(22)10-14)27-9-3-8-26-2)30-29-16-5-7-20(18(23)11-16)28-13-15(25)12-21;/h4-7,10-11,15,25H,3,8-9,12-13H2,1-2H3;1H2. The molecule has 1 atom stereocenters. The van der Waals surface area contributed by atoms with Crippen LogP contribution < -0.4 is 18.0 Å². The van der Waals surface area contributed by atoms with Crippen LogP contribution in [0.1, 0.15) is 6.42 Å². The lowest BCUT2D eigenvalue weighted by atomic mass is 10.3. The molecule has 0 fully saturated rings. The van der Waals surface area contributed by atoms with Crippen LogP contribution in [0.25, 0.3) is 0 Å². The highest BCUT2D eigenvalue weighted by Crippen LogP contribution is 2.34. The van der Waals surface area contributed by atoms with E-state index in [1.165, 1.54) is 0 Å². The third-order valence-corrected chi connectivity index (χ3v) is 5.44.